The van der Waals surface area contributed by atoms with Crippen LogP contribution in [0.3, 0.4) is 0 Å². The number of nitrogens with zero attached hydrogens (tertiary/aromatic N) is 1. The Balaban J connectivity index is 1.22. The molecule has 11 heteroatoms. The molecule has 0 bridgehead atoms. The van der Waals surface area contributed by atoms with Crippen LogP contribution in [0.4, 0.5) is 0 Å². The number of halogens is 2. The number of hydrogen-bond donors (Lipinski definition) is 3. The number of ether oxygens (including phenoxy) is 3. The first-order chi connectivity index (χ1) is 17.8. The number of aromatic carboxylic acids is 1. The number of carbonyl (C=O) groups is 2. The lowest BCUT2D eigenvalue weighted by molar-refractivity contribution is 0.0205. The second kappa shape index (κ2) is 12.8. The van der Waals surface area contributed by atoms with Gasteiger partial charge in [-0.05, 0) is 65.6 Å². The number of piperidine rings is 1. The molecule has 1 fully saturated rings. The molecule has 1 saturated heterocycles. The Morgan fingerprint density at radius 3 is 2.62 bits per heavy atom. The highest BCUT2D eigenvalue weighted by Crippen LogP contribution is 2.44. The molecule has 2 atom stereocenters. The van der Waals surface area contributed by atoms with Gasteiger partial charge in [0.25, 0.3) is 5.91 Å². The Kier molecular flexibility index (Phi) is 9.53. The average molecular weight is 598 g/mol. The molecule has 2 aliphatic rings. The third-order valence-electron chi connectivity index (χ3n) is 6.48. The summed E-state index contributed by atoms with van der Waals surface area (Å²) in [7, 11) is 0. The van der Waals surface area contributed by atoms with Crippen molar-refractivity contribution in [3.05, 3.63) is 51.0 Å². The fraction of sp³-hybridized carbons (Fsp3) is 0.462. The lowest BCUT2D eigenvalue weighted by atomic mass is 9.93. The predicted octanol–water partition coefficient (Wildman–Crippen LogP) is 3.84. The number of nitrogens with one attached hydrogen (secondary N) is 1. The van der Waals surface area contributed by atoms with Gasteiger partial charge in [0.1, 0.15) is 5.75 Å². The number of amides is 1. The maximum atomic E-state index is 13.0. The van der Waals surface area contributed by atoms with Crippen LogP contribution in [0.2, 0.25) is 5.02 Å². The SMILES string of the molecule is O=C(O)c1ccc(OCCCN2CCC(CNC(=O)c3cc(Cl)c(Br)c4c3OCCCO4)C(O)C2)cc1. The van der Waals surface area contributed by atoms with E-state index in [1.54, 1.807) is 18.2 Å². The molecule has 2 aliphatic heterocycles. The molecule has 1 amide bonds. The predicted molar refractivity (Wildman–Crippen MR) is 141 cm³/mol. The van der Waals surface area contributed by atoms with Crippen molar-refractivity contribution in [3.8, 4) is 17.2 Å². The van der Waals surface area contributed by atoms with E-state index in [4.69, 9.17) is 30.9 Å². The third-order valence-corrected chi connectivity index (χ3v) is 7.79. The van der Waals surface area contributed by atoms with Crippen molar-refractivity contribution in [2.24, 2.45) is 5.92 Å². The van der Waals surface area contributed by atoms with Gasteiger partial charge >= 0.3 is 5.97 Å². The first kappa shape index (κ1) is 27.5. The quantitative estimate of drug-likeness (QED) is 0.373. The topological polar surface area (TPSA) is 118 Å². The molecule has 2 unspecified atom stereocenters. The van der Waals surface area contributed by atoms with Crippen molar-refractivity contribution in [2.45, 2.75) is 25.4 Å². The van der Waals surface area contributed by atoms with E-state index in [0.717, 1.165) is 25.9 Å². The van der Waals surface area contributed by atoms with Gasteiger partial charge in [0.2, 0.25) is 0 Å². The van der Waals surface area contributed by atoms with Crippen LogP contribution in [0.25, 0.3) is 0 Å². The number of rotatable bonds is 9. The summed E-state index contributed by atoms with van der Waals surface area (Å²) in [4.78, 5) is 26.1. The number of aliphatic hydroxyl groups excluding tert-OH is 1. The maximum absolute atomic E-state index is 13.0. The van der Waals surface area contributed by atoms with E-state index in [0.29, 0.717) is 71.6 Å². The minimum absolute atomic E-state index is 0.0640. The molecular formula is C26H30BrClN2O7. The lowest BCUT2D eigenvalue weighted by Crippen LogP contribution is -2.48. The number of likely N-dealkylation sites (tertiary alicyclic amines) is 1. The zero-order valence-electron chi connectivity index (χ0n) is 20.3. The first-order valence-corrected chi connectivity index (χ1v) is 13.4. The van der Waals surface area contributed by atoms with E-state index in [1.807, 2.05) is 0 Å². The number of benzene rings is 2. The number of carboxylic acids is 1. The van der Waals surface area contributed by atoms with Gasteiger partial charge in [-0.25, -0.2) is 4.79 Å². The Labute approximate surface area is 228 Å². The largest absolute Gasteiger partial charge is 0.494 e. The first-order valence-electron chi connectivity index (χ1n) is 12.3. The summed E-state index contributed by atoms with van der Waals surface area (Å²) < 4.78 is 17.8. The molecule has 4 rings (SSSR count). The Hall–Kier alpha value is -2.53. The van der Waals surface area contributed by atoms with Crippen LogP contribution in [-0.4, -0.2) is 79.1 Å². The van der Waals surface area contributed by atoms with Crippen molar-refractivity contribution in [1.82, 2.24) is 10.2 Å². The molecule has 0 spiro atoms. The van der Waals surface area contributed by atoms with Crippen molar-refractivity contribution in [3.63, 3.8) is 0 Å². The van der Waals surface area contributed by atoms with Gasteiger partial charge in [0.15, 0.2) is 11.5 Å². The molecule has 200 valence electrons. The van der Waals surface area contributed by atoms with E-state index in [-0.39, 0.29) is 17.4 Å². The molecule has 0 saturated carbocycles. The summed E-state index contributed by atoms with van der Waals surface area (Å²) in [5.74, 6) is 0.0840. The summed E-state index contributed by atoms with van der Waals surface area (Å²) in [6.45, 7) is 3.84. The van der Waals surface area contributed by atoms with Gasteiger partial charge < -0.3 is 34.6 Å². The van der Waals surface area contributed by atoms with Crippen LogP contribution in [-0.2, 0) is 0 Å². The number of β-amino-alcohol motifs (C(OH)–C–C–N with tert-alkyl or cyclic N) is 1. The number of carbonyl (C=O) groups excluding carboxylic acids is 1. The molecule has 2 aromatic rings. The molecule has 0 radical (unpaired) electrons. The highest BCUT2D eigenvalue weighted by Gasteiger charge is 2.29. The van der Waals surface area contributed by atoms with Crippen molar-refractivity contribution >= 4 is 39.4 Å². The minimum Gasteiger partial charge on any atom is -0.494 e. The van der Waals surface area contributed by atoms with E-state index in [1.165, 1.54) is 12.1 Å². The van der Waals surface area contributed by atoms with Gasteiger partial charge in [-0.2, -0.15) is 0 Å². The lowest BCUT2D eigenvalue weighted by Gasteiger charge is -2.36. The van der Waals surface area contributed by atoms with Gasteiger partial charge in [-0.1, -0.05) is 11.6 Å². The zero-order chi connectivity index (χ0) is 26.4. The standard InChI is InChI=1S/C26H30BrClN2O7/c27-22-20(28)13-19(23-24(22)37-12-2-11-36-23)25(32)29-14-17-7-9-30(15-21(17)31)8-1-10-35-18-5-3-16(4-6-18)26(33)34/h3-6,13,17,21,31H,1-2,7-12,14-15H2,(H,29,32)(H,33,34). The Morgan fingerprint density at radius 1 is 1.19 bits per heavy atom. The molecule has 37 heavy (non-hydrogen) atoms. The van der Waals surface area contributed by atoms with Crippen LogP contribution in [0.5, 0.6) is 17.2 Å². The molecule has 3 N–H and O–H groups in total. The highest BCUT2D eigenvalue weighted by molar-refractivity contribution is 9.10. The van der Waals surface area contributed by atoms with Gasteiger partial charge in [-0.15, -0.1) is 0 Å². The summed E-state index contributed by atoms with van der Waals surface area (Å²) >= 11 is 9.71. The van der Waals surface area contributed by atoms with Crippen LogP contribution in [0.1, 0.15) is 40.0 Å². The minimum atomic E-state index is -0.969. The highest BCUT2D eigenvalue weighted by atomic mass is 79.9. The van der Waals surface area contributed by atoms with Crippen molar-refractivity contribution in [1.29, 1.82) is 0 Å². The smallest absolute Gasteiger partial charge is 0.335 e. The molecule has 9 nitrogen and oxygen atoms in total. The monoisotopic (exact) mass is 596 g/mol. The molecule has 0 aliphatic carbocycles. The number of fused-ring (bicyclic) bond motifs is 1. The van der Waals surface area contributed by atoms with E-state index >= 15 is 0 Å². The normalized spacial score (nSPS) is 19.6. The maximum Gasteiger partial charge on any atom is 0.335 e. The van der Waals surface area contributed by atoms with Crippen LogP contribution in [0.15, 0.2) is 34.8 Å². The van der Waals surface area contributed by atoms with Crippen LogP contribution < -0.4 is 19.5 Å². The molecule has 0 aromatic heterocycles. The molecule has 2 heterocycles. The van der Waals surface area contributed by atoms with E-state index < -0.39 is 12.1 Å². The molecule has 2 aromatic carbocycles. The summed E-state index contributed by atoms with van der Waals surface area (Å²) in [5.41, 5.74) is 0.535. The number of hydrogen-bond acceptors (Lipinski definition) is 7. The Bertz CT molecular complexity index is 1120. The molecular weight excluding hydrogens is 568 g/mol. The summed E-state index contributed by atoms with van der Waals surface area (Å²) in [6, 6.07) is 7.88. The average Bonchev–Trinajstić information content (AvgIpc) is 3.15. The van der Waals surface area contributed by atoms with Gasteiger partial charge in [-0.3, -0.25) is 4.79 Å². The zero-order valence-corrected chi connectivity index (χ0v) is 22.6. The van der Waals surface area contributed by atoms with Crippen molar-refractivity contribution < 1.29 is 34.0 Å². The fourth-order valence-corrected chi connectivity index (χ4v) is 5.02. The second-order valence-electron chi connectivity index (χ2n) is 9.09. The van der Waals surface area contributed by atoms with Crippen LogP contribution in [0, 0.1) is 5.92 Å². The van der Waals surface area contributed by atoms with E-state index in [9.17, 15) is 14.7 Å². The van der Waals surface area contributed by atoms with Gasteiger partial charge in [0, 0.05) is 32.0 Å². The van der Waals surface area contributed by atoms with Crippen LogP contribution >= 0.6 is 27.5 Å². The summed E-state index contributed by atoms with van der Waals surface area (Å²) in [6.07, 6.45) is 1.66. The van der Waals surface area contributed by atoms with E-state index in [2.05, 4.69) is 26.1 Å². The fourth-order valence-electron chi connectivity index (χ4n) is 4.41. The second-order valence-corrected chi connectivity index (χ2v) is 10.3. The number of aliphatic hydroxyl groups is 1. The Morgan fingerprint density at radius 2 is 1.92 bits per heavy atom. The van der Waals surface area contributed by atoms with Crippen molar-refractivity contribution in [2.75, 3.05) is 46.0 Å². The van der Waals surface area contributed by atoms with Gasteiger partial charge in [0.05, 0.1) is 46.5 Å². The third kappa shape index (κ3) is 7.07. The summed E-state index contributed by atoms with van der Waals surface area (Å²) in [5, 5.41) is 22.9. The number of carboxylic acid groups (broad SMARTS) is 1.